The SMILES string of the molecule is C#C.C=C/C=C(\C=C/C(C)[N+](=O)[O-])CN(N)/C=C(\N)CCN(C)C1C[C@@H](C)O[C@@H](O)C1.CC.CC.CC.CC.CC.CO.CO[C@]1(C)C[C@H](O[C@H](C(C)C)[C@H](C)C[C@@H](C)C[C@@H](C)CN(C)[C@@H](O)[C@](C)(O)COC=O)O[C@@H](C)C1. The molecule has 0 radical (unpaired) electrons. The van der Waals surface area contributed by atoms with E-state index in [1.807, 2.05) is 83.2 Å². The van der Waals surface area contributed by atoms with Crippen LogP contribution in [0.3, 0.4) is 0 Å². The van der Waals surface area contributed by atoms with E-state index in [-0.39, 0.29) is 54.2 Å². The van der Waals surface area contributed by atoms with Gasteiger partial charge in [-0.05, 0) is 96.4 Å². The lowest BCUT2D eigenvalue weighted by Crippen LogP contribution is -2.53. The number of rotatable bonds is 27. The van der Waals surface area contributed by atoms with Crippen LogP contribution in [0.4, 0.5) is 0 Å². The van der Waals surface area contributed by atoms with E-state index in [1.54, 1.807) is 43.5 Å². The lowest BCUT2D eigenvalue weighted by Gasteiger charge is -2.42. The van der Waals surface area contributed by atoms with Crippen LogP contribution in [-0.4, -0.2) is 162 Å². The maximum Gasteiger partial charge on any atom is 0.293 e. The van der Waals surface area contributed by atoms with E-state index in [0.29, 0.717) is 55.3 Å². The first kappa shape index (κ1) is 88.4. The minimum Gasteiger partial charge on any atom is -0.465 e. The van der Waals surface area contributed by atoms with Crippen molar-refractivity contribution in [1.82, 2.24) is 14.8 Å². The second-order valence-electron chi connectivity index (χ2n) is 19.5. The molecule has 0 aromatic rings. The zero-order chi connectivity index (χ0) is 62.9. The fourth-order valence-corrected chi connectivity index (χ4v) is 8.86. The summed E-state index contributed by atoms with van der Waals surface area (Å²) in [5.74, 6) is 7.52. The van der Waals surface area contributed by atoms with Crippen LogP contribution >= 0.6 is 0 Å². The van der Waals surface area contributed by atoms with E-state index in [9.17, 15) is 30.2 Å². The summed E-state index contributed by atoms with van der Waals surface area (Å²) in [7, 11) is 6.54. The maximum absolute atomic E-state index is 10.7. The third-order valence-corrected chi connectivity index (χ3v) is 12.1. The number of hydrogen-bond acceptors (Lipinski definition) is 17. The van der Waals surface area contributed by atoms with Gasteiger partial charge in [0.15, 0.2) is 12.6 Å². The summed E-state index contributed by atoms with van der Waals surface area (Å²) in [4.78, 5) is 24.7. The van der Waals surface area contributed by atoms with Gasteiger partial charge in [0.25, 0.3) is 6.47 Å². The summed E-state index contributed by atoms with van der Waals surface area (Å²) in [6.45, 7) is 45.6. The Morgan fingerprint density at radius 2 is 1.47 bits per heavy atom. The van der Waals surface area contributed by atoms with Crippen molar-refractivity contribution in [1.29, 1.82) is 0 Å². The van der Waals surface area contributed by atoms with Gasteiger partial charge in [-0.1, -0.05) is 129 Å². The van der Waals surface area contributed by atoms with Gasteiger partial charge in [0, 0.05) is 82.8 Å². The summed E-state index contributed by atoms with van der Waals surface area (Å²) in [6.07, 6.45) is 20.0. The summed E-state index contributed by atoms with van der Waals surface area (Å²) >= 11 is 0. The fraction of sp³-hybridized carbons (Fsp3) is 0.817. The molecule has 0 bridgehead atoms. The minimum absolute atomic E-state index is 0.0276. The first-order valence-electron chi connectivity index (χ1n) is 28.7. The number of likely N-dealkylation sites (N-methyl/N-ethyl adjacent to an activating group) is 1. The highest BCUT2D eigenvalue weighted by molar-refractivity contribution is 5.37. The average molecular weight is 1120 g/mol. The predicted octanol–water partition coefficient (Wildman–Crippen LogP) is 10.3. The molecule has 0 aromatic heterocycles. The maximum atomic E-state index is 10.7. The molecule has 78 heavy (non-hydrogen) atoms. The average Bonchev–Trinajstić information content (AvgIpc) is 3.41. The number of hydrazine groups is 1. The van der Waals surface area contributed by atoms with Crippen LogP contribution in [0.5, 0.6) is 0 Å². The van der Waals surface area contributed by atoms with Crippen molar-refractivity contribution in [2.75, 3.05) is 54.6 Å². The number of methoxy groups -OCH3 is 1. The molecule has 18 nitrogen and oxygen atoms in total. The molecule has 2 fully saturated rings. The summed E-state index contributed by atoms with van der Waals surface area (Å²) in [5.41, 5.74) is 5.76. The number of allylic oxidation sites excluding steroid dienone is 2. The standard InChI is InChI=1S/C27H53NO7.C20H35N5O4.5C2H6.C2H2.CH4O/c1-18(2)24(35-23-14-26(7,32-10)13-22(6)34-23)21(5)12-19(3)11-20(4)15-28(9)25(30)27(8,31)16-33-17-29;1-5-6-17(8-7-15(2)25(27)28)13-24(22)14-18(21)9-10-23(4)19-11-16(3)29-20(26)12-19;7*1-2/h17-25,30-31H,11-16H2,1-10H3;5-8,14-16,19-20,26H,1,9-13,21-22H2,2-4H3;5*1-2H3;1-2H;2H,1H3/b;8-7-,17-6+,18-14-;;;;;;;/t19-,20+,21+,22-,23-,24+,25-,26-,27+;15?,16-,19?,20-;;;;;;;/m01......./s1. The van der Waals surface area contributed by atoms with Gasteiger partial charge in [-0.15, -0.1) is 12.8 Å². The number of nitrogens with zero attached hydrogens (tertiary/aromatic N) is 4. The van der Waals surface area contributed by atoms with Gasteiger partial charge < -0.3 is 59.8 Å². The Balaban J connectivity index is -0.000000213. The van der Waals surface area contributed by atoms with Crippen molar-refractivity contribution in [2.45, 2.75) is 244 Å². The monoisotopic (exact) mass is 1120 g/mol. The summed E-state index contributed by atoms with van der Waals surface area (Å²) in [5, 5.41) is 49.9. The molecule has 0 saturated carbocycles. The van der Waals surface area contributed by atoms with Gasteiger partial charge >= 0.3 is 0 Å². The van der Waals surface area contributed by atoms with Gasteiger partial charge in [0.1, 0.15) is 18.4 Å². The van der Waals surface area contributed by atoms with Gasteiger partial charge in [-0.25, -0.2) is 5.84 Å². The zero-order valence-electron chi connectivity index (χ0n) is 54.0. The van der Waals surface area contributed by atoms with Crippen molar-refractivity contribution in [3.05, 3.63) is 58.5 Å². The summed E-state index contributed by atoms with van der Waals surface area (Å²) in [6, 6.07) is -0.539. The molecule has 2 aliphatic rings. The van der Waals surface area contributed by atoms with Crippen LogP contribution in [0, 0.1) is 46.6 Å². The van der Waals surface area contributed by atoms with Crippen molar-refractivity contribution < 1.29 is 53.8 Å². The number of hydrogen-bond donors (Lipinski definition) is 6. The van der Waals surface area contributed by atoms with E-state index in [1.165, 1.54) is 24.9 Å². The molecule has 13 atom stereocenters. The van der Waals surface area contributed by atoms with Crippen LogP contribution in [0.2, 0.25) is 0 Å². The molecule has 2 saturated heterocycles. The number of aliphatic hydroxyl groups is 4. The van der Waals surface area contributed by atoms with Crippen LogP contribution in [0.1, 0.15) is 183 Å². The van der Waals surface area contributed by atoms with Gasteiger partial charge in [-0.2, -0.15) is 0 Å². The minimum atomic E-state index is -1.53. The number of nitro groups is 1. The van der Waals surface area contributed by atoms with Gasteiger partial charge in [0.2, 0.25) is 6.04 Å². The zero-order valence-corrected chi connectivity index (χ0v) is 54.0. The molecule has 0 aromatic carbocycles. The second kappa shape index (κ2) is 54.2. The number of aliphatic hydroxyl groups excluding tert-OH is 3. The Labute approximate surface area is 478 Å². The molecule has 466 valence electrons. The van der Waals surface area contributed by atoms with E-state index in [4.69, 9.17) is 35.6 Å². The van der Waals surface area contributed by atoms with E-state index >= 15 is 0 Å². The van der Waals surface area contributed by atoms with E-state index in [2.05, 4.69) is 77.5 Å². The quantitative estimate of drug-likeness (QED) is 0.00851. The normalized spacial score (nSPS) is 22.8. The fourth-order valence-electron chi connectivity index (χ4n) is 8.86. The molecule has 0 spiro atoms. The highest BCUT2D eigenvalue weighted by Gasteiger charge is 2.40. The lowest BCUT2D eigenvalue weighted by atomic mass is 9.83. The Morgan fingerprint density at radius 1 is 0.936 bits per heavy atom. The topological polar surface area (TPSA) is 249 Å². The predicted molar refractivity (Wildman–Crippen MR) is 325 cm³/mol. The van der Waals surface area contributed by atoms with E-state index in [0.717, 1.165) is 51.3 Å². The molecule has 2 unspecified atom stereocenters. The molecule has 8 N–H and O–H groups in total. The molecule has 2 heterocycles. The smallest absolute Gasteiger partial charge is 0.293 e. The van der Waals surface area contributed by atoms with Gasteiger partial charge in [0.05, 0.1) is 30.5 Å². The number of terminal acetylenes is 1. The third kappa shape index (κ3) is 42.4. The van der Waals surface area contributed by atoms with Crippen molar-refractivity contribution in [2.24, 2.45) is 35.2 Å². The third-order valence-electron chi connectivity index (χ3n) is 12.1. The molecule has 2 rings (SSSR count). The second-order valence-corrected chi connectivity index (χ2v) is 19.5. The van der Waals surface area contributed by atoms with Crippen LogP contribution < -0.4 is 11.6 Å². The number of nitrogens with two attached hydrogens (primary N) is 2. The van der Waals surface area contributed by atoms with Crippen molar-refractivity contribution in [3.8, 4) is 12.8 Å². The number of carbonyl (C=O) groups is 1. The number of carbonyl (C=O) groups excluding carboxylic acids is 1. The lowest BCUT2D eigenvalue weighted by molar-refractivity contribution is -0.504. The Hall–Kier alpha value is -3.45. The highest BCUT2D eigenvalue weighted by Crippen LogP contribution is 2.35. The molecule has 0 aliphatic carbocycles. The van der Waals surface area contributed by atoms with Crippen molar-refractivity contribution in [3.63, 3.8) is 0 Å². The molecule has 0 amide bonds. The molecule has 2 aliphatic heterocycles. The van der Waals surface area contributed by atoms with Crippen LogP contribution in [-0.2, 0) is 28.5 Å². The molecular formula is C60H124N6O12. The highest BCUT2D eigenvalue weighted by atomic mass is 16.7. The Morgan fingerprint density at radius 3 is 1.94 bits per heavy atom. The van der Waals surface area contributed by atoms with Crippen LogP contribution in [0.15, 0.2) is 48.4 Å². The Kier molecular flexibility index (Phi) is 61.4. The largest absolute Gasteiger partial charge is 0.465 e. The first-order chi connectivity index (χ1) is 36.8. The first-order valence-corrected chi connectivity index (χ1v) is 28.7. The number of ether oxygens (including phenoxy) is 5. The Bertz CT molecular complexity index is 1510. The summed E-state index contributed by atoms with van der Waals surface area (Å²) < 4.78 is 28.4. The molecule has 18 heteroatoms. The molecular weight excluding hydrogens is 997 g/mol. The van der Waals surface area contributed by atoms with Crippen LogP contribution in [0.25, 0.3) is 0 Å². The van der Waals surface area contributed by atoms with Gasteiger partial charge in [-0.3, -0.25) is 19.8 Å². The van der Waals surface area contributed by atoms with Crippen molar-refractivity contribution >= 4 is 6.47 Å². The van der Waals surface area contributed by atoms with E-state index < -0.39 is 24.2 Å².